The molecular formula is C23H19ClF2N4O3S. The van der Waals surface area contributed by atoms with Gasteiger partial charge in [-0.25, -0.2) is 13.8 Å². The van der Waals surface area contributed by atoms with Crippen LogP contribution in [-0.2, 0) is 10.2 Å². The quantitative estimate of drug-likeness (QED) is 0.346. The van der Waals surface area contributed by atoms with E-state index >= 15 is 4.39 Å². The third-order valence-corrected chi connectivity index (χ3v) is 7.17. The van der Waals surface area contributed by atoms with Gasteiger partial charge in [-0.2, -0.15) is 12.7 Å². The third-order valence-electron chi connectivity index (χ3n) is 5.37. The predicted molar refractivity (Wildman–Crippen MR) is 127 cm³/mol. The maximum atomic E-state index is 15.2. The lowest BCUT2D eigenvalue weighted by Crippen LogP contribution is -2.32. The van der Waals surface area contributed by atoms with Gasteiger partial charge in [-0.15, -0.1) is 0 Å². The maximum absolute atomic E-state index is 15.2. The van der Waals surface area contributed by atoms with E-state index in [-0.39, 0.29) is 12.1 Å². The maximum Gasteiger partial charge on any atom is 0.301 e. The predicted octanol–water partition coefficient (Wildman–Crippen LogP) is 5.00. The van der Waals surface area contributed by atoms with Gasteiger partial charge in [0, 0.05) is 47.5 Å². The molecule has 0 radical (unpaired) electrons. The molecule has 2 N–H and O–H groups in total. The number of H-pyrrole nitrogens is 1. The van der Waals surface area contributed by atoms with Crippen molar-refractivity contribution in [3.05, 3.63) is 82.6 Å². The summed E-state index contributed by atoms with van der Waals surface area (Å²) in [7, 11) is -2.79. The van der Waals surface area contributed by atoms with Gasteiger partial charge in [-0.05, 0) is 35.9 Å². The molecule has 7 nitrogen and oxygen atoms in total. The Kier molecular flexibility index (Phi) is 6.39. The summed E-state index contributed by atoms with van der Waals surface area (Å²) in [5, 5.41) is 0.912. The van der Waals surface area contributed by atoms with E-state index in [1.54, 1.807) is 43.5 Å². The molecule has 0 fully saturated rings. The highest BCUT2D eigenvalue weighted by atomic mass is 35.5. The van der Waals surface area contributed by atoms with Crippen molar-refractivity contribution in [2.75, 3.05) is 18.3 Å². The smallest absolute Gasteiger partial charge is 0.301 e. The second kappa shape index (κ2) is 9.13. The molecule has 34 heavy (non-hydrogen) atoms. The van der Waals surface area contributed by atoms with Crippen LogP contribution in [0, 0.1) is 11.6 Å². The van der Waals surface area contributed by atoms with E-state index in [1.807, 2.05) is 0 Å². The summed E-state index contributed by atoms with van der Waals surface area (Å²) in [5.41, 5.74) is 0.377. The number of nitrogens with one attached hydrogen (secondary N) is 2. The third kappa shape index (κ3) is 4.39. The highest BCUT2D eigenvalue weighted by Crippen LogP contribution is 2.30. The summed E-state index contributed by atoms with van der Waals surface area (Å²) in [6.07, 6.45) is 2.91. The van der Waals surface area contributed by atoms with E-state index in [0.717, 1.165) is 22.0 Å². The number of rotatable bonds is 7. The molecule has 0 unspecified atom stereocenters. The molecule has 0 aliphatic carbocycles. The van der Waals surface area contributed by atoms with Crippen molar-refractivity contribution in [2.45, 2.75) is 6.92 Å². The largest absolute Gasteiger partial charge is 0.345 e. The highest BCUT2D eigenvalue weighted by Gasteiger charge is 2.27. The van der Waals surface area contributed by atoms with Crippen molar-refractivity contribution in [2.24, 2.45) is 0 Å². The second-order valence-corrected chi connectivity index (χ2v) is 9.68. The topological polar surface area (TPSA) is 95.2 Å². The summed E-state index contributed by atoms with van der Waals surface area (Å²) in [5.74, 6) is -3.39. The first-order valence-corrected chi connectivity index (χ1v) is 11.9. The van der Waals surface area contributed by atoms with Crippen molar-refractivity contribution in [3.8, 4) is 11.1 Å². The molecule has 0 aliphatic heterocycles. The number of aromatic amines is 1. The van der Waals surface area contributed by atoms with Crippen LogP contribution in [0.3, 0.4) is 0 Å². The second-order valence-electron chi connectivity index (χ2n) is 7.46. The van der Waals surface area contributed by atoms with Crippen LogP contribution in [0.25, 0.3) is 22.2 Å². The lowest BCUT2D eigenvalue weighted by atomic mass is 10.00. The SMILES string of the molecule is CCN(C)S(=O)(=O)Nc1ccc(F)c(C(=O)c2c[nH]c3ncc(-c4ccc(Cl)cc4)cc23)c1F. The van der Waals surface area contributed by atoms with Gasteiger partial charge in [0.2, 0.25) is 5.78 Å². The zero-order valence-corrected chi connectivity index (χ0v) is 19.6. The molecule has 0 saturated carbocycles. The lowest BCUT2D eigenvalue weighted by Gasteiger charge is -2.17. The van der Waals surface area contributed by atoms with Crippen LogP contribution < -0.4 is 4.72 Å². The molecule has 0 bridgehead atoms. The summed E-state index contributed by atoms with van der Waals surface area (Å²) in [6, 6.07) is 10.4. The molecule has 0 spiro atoms. The van der Waals surface area contributed by atoms with E-state index in [1.165, 1.54) is 13.2 Å². The van der Waals surface area contributed by atoms with Crippen LogP contribution >= 0.6 is 11.6 Å². The summed E-state index contributed by atoms with van der Waals surface area (Å²) in [4.78, 5) is 20.3. The molecule has 0 aliphatic rings. The normalized spacial score (nSPS) is 11.8. The number of hydrogen-bond acceptors (Lipinski definition) is 4. The van der Waals surface area contributed by atoms with Gasteiger partial charge in [0.1, 0.15) is 11.5 Å². The number of halogens is 3. The van der Waals surface area contributed by atoms with E-state index in [4.69, 9.17) is 11.6 Å². The van der Waals surface area contributed by atoms with Gasteiger partial charge in [-0.3, -0.25) is 9.52 Å². The minimum Gasteiger partial charge on any atom is -0.345 e. The fourth-order valence-electron chi connectivity index (χ4n) is 3.35. The molecule has 2 aromatic heterocycles. The monoisotopic (exact) mass is 504 g/mol. The van der Waals surface area contributed by atoms with Gasteiger partial charge in [0.05, 0.1) is 11.3 Å². The summed E-state index contributed by atoms with van der Waals surface area (Å²) >= 11 is 5.94. The number of hydrogen-bond donors (Lipinski definition) is 2. The van der Waals surface area contributed by atoms with Crippen LogP contribution in [-0.4, -0.2) is 42.1 Å². The van der Waals surface area contributed by atoms with Gasteiger partial charge < -0.3 is 4.98 Å². The number of anilines is 1. The number of carbonyl (C=O) groups excluding carboxylic acids is 1. The molecule has 11 heteroatoms. The number of fused-ring (bicyclic) bond motifs is 1. The molecule has 2 aromatic carbocycles. The Bertz CT molecular complexity index is 1500. The van der Waals surface area contributed by atoms with Gasteiger partial charge in [0.15, 0.2) is 5.82 Å². The first-order chi connectivity index (χ1) is 16.1. The van der Waals surface area contributed by atoms with E-state index < -0.39 is 38.9 Å². The van der Waals surface area contributed by atoms with Crippen molar-refractivity contribution >= 4 is 44.3 Å². The van der Waals surface area contributed by atoms with Crippen molar-refractivity contribution in [1.82, 2.24) is 14.3 Å². The number of nitrogens with zero attached hydrogens (tertiary/aromatic N) is 2. The van der Waals surface area contributed by atoms with Crippen LogP contribution in [0.1, 0.15) is 22.8 Å². The molecule has 4 rings (SSSR count). The highest BCUT2D eigenvalue weighted by molar-refractivity contribution is 7.90. The molecule has 0 atom stereocenters. The Morgan fingerprint density at radius 3 is 2.53 bits per heavy atom. The Labute approximate surface area is 199 Å². The lowest BCUT2D eigenvalue weighted by molar-refractivity contribution is 0.103. The Morgan fingerprint density at radius 2 is 1.85 bits per heavy atom. The standard InChI is InChI=1S/C23H19ClF2N4O3S/c1-3-30(2)34(32,33)29-19-9-8-18(25)20(21(19)26)22(31)17-12-28-23-16(17)10-14(11-27-23)13-4-6-15(24)7-5-13/h4-12,29H,3H2,1-2H3,(H,27,28). The van der Waals surface area contributed by atoms with Crippen LogP contribution in [0.2, 0.25) is 5.02 Å². The average molecular weight is 505 g/mol. The Balaban J connectivity index is 1.78. The van der Waals surface area contributed by atoms with Gasteiger partial charge in [0.25, 0.3) is 0 Å². The fourth-order valence-corrected chi connectivity index (χ4v) is 4.41. The number of benzene rings is 2. The van der Waals surface area contributed by atoms with Crippen molar-refractivity contribution < 1.29 is 22.0 Å². The average Bonchev–Trinajstić information content (AvgIpc) is 3.24. The molecule has 176 valence electrons. The van der Waals surface area contributed by atoms with Gasteiger partial charge >= 0.3 is 10.2 Å². The first kappa shape index (κ1) is 23.8. The number of pyridine rings is 1. The van der Waals surface area contributed by atoms with E-state index in [0.29, 0.717) is 21.6 Å². The molecule has 0 amide bonds. The Morgan fingerprint density at radius 1 is 1.15 bits per heavy atom. The molecule has 4 aromatic rings. The molecular weight excluding hydrogens is 486 g/mol. The zero-order valence-electron chi connectivity index (χ0n) is 18.1. The van der Waals surface area contributed by atoms with Crippen LogP contribution in [0.4, 0.5) is 14.5 Å². The summed E-state index contributed by atoms with van der Waals surface area (Å²) < 4.78 is 57.4. The minimum atomic E-state index is -4.09. The minimum absolute atomic E-state index is 0.0122. The van der Waals surface area contributed by atoms with Crippen LogP contribution in [0.5, 0.6) is 0 Å². The molecule has 0 saturated heterocycles. The first-order valence-electron chi connectivity index (χ1n) is 10.1. The van der Waals surface area contributed by atoms with E-state index in [2.05, 4.69) is 14.7 Å². The Hall–Kier alpha value is -3.34. The van der Waals surface area contributed by atoms with E-state index in [9.17, 15) is 17.6 Å². The number of ketones is 1. The number of carbonyl (C=O) groups is 1. The van der Waals surface area contributed by atoms with Crippen molar-refractivity contribution in [3.63, 3.8) is 0 Å². The van der Waals surface area contributed by atoms with Gasteiger partial charge in [-0.1, -0.05) is 30.7 Å². The molecule has 2 heterocycles. The zero-order chi connectivity index (χ0) is 24.6. The van der Waals surface area contributed by atoms with Crippen LogP contribution in [0.15, 0.2) is 54.9 Å². The van der Waals surface area contributed by atoms with Crippen molar-refractivity contribution in [1.29, 1.82) is 0 Å². The summed E-state index contributed by atoms with van der Waals surface area (Å²) in [6.45, 7) is 1.72. The fraction of sp³-hybridized carbons (Fsp3) is 0.130. The number of aromatic nitrogens is 2.